The van der Waals surface area contributed by atoms with Crippen LogP contribution >= 0.6 is 0 Å². The van der Waals surface area contributed by atoms with Crippen molar-refractivity contribution in [2.75, 3.05) is 13.2 Å². The Balaban J connectivity index is 1.45. The number of ether oxygens (including phenoxy) is 1. The maximum absolute atomic E-state index is 14.1. The van der Waals surface area contributed by atoms with E-state index in [0.717, 1.165) is 10.1 Å². The van der Waals surface area contributed by atoms with Crippen LogP contribution in [0.4, 0.5) is 22.0 Å². The molecule has 2 aromatic carbocycles. The van der Waals surface area contributed by atoms with Crippen LogP contribution in [-0.2, 0) is 0 Å². The van der Waals surface area contributed by atoms with Crippen molar-refractivity contribution < 1.29 is 31.5 Å². The summed E-state index contributed by atoms with van der Waals surface area (Å²) in [6.07, 6.45) is 0.495. The minimum atomic E-state index is -2.28. The zero-order valence-electron chi connectivity index (χ0n) is 17.1. The second-order valence-electron chi connectivity index (χ2n) is 7.11. The number of hydrogen-bond acceptors (Lipinski definition) is 4. The summed E-state index contributed by atoms with van der Waals surface area (Å²) in [4.78, 5) is 12.4. The fraction of sp³-hybridized carbons (Fsp3) is 0.190. The van der Waals surface area contributed by atoms with E-state index in [1.54, 1.807) is 0 Å². The predicted octanol–water partition coefficient (Wildman–Crippen LogP) is 3.93. The van der Waals surface area contributed by atoms with Crippen molar-refractivity contribution in [1.29, 1.82) is 0 Å². The summed E-state index contributed by atoms with van der Waals surface area (Å²) in [7, 11) is 0. The Kier molecular flexibility index (Phi) is 5.99. The fourth-order valence-electron chi connectivity index (χ4n) is 3.13. The normalized spacial score (nSPS) is 11.2. The Morgan fingerprint density at radius 1 is 1.03 bits per heavy atom. The number of H-pyrrole nitrogens is 1. The zero-order valence-corrected chi connectivity index (χ0v) is 17.1. The average Bonchev–Trinajstić information content (AvgIpc) is 3.38. The van der Waals surface area contributed by atoms with Crippen LogP contribution in [0.25, 0.3) is 17.0 Å². The predicted molar refractivity (Wildman–Crippen MR) is 106 cm³/mol. The molecule has 2 N–H and O–H groups in total. The third-order valence-electron chi connectivity index (χ3n) is 4.74. The highest BCUT2D eigenvalue weighted by molar-refractivity contribution is 5.93. The molecule has 1 amide bonds. The quantitative estimate of drug-likeness (QED) is 0.188. The SMILES string of the molecule is Cc1cccc(OCCCNC(=O)c2cc3nnc(-c4c(F)c(F)c(F)c(F)c4F)n3[nH]2)c1. The van der Waals surface area contributed by atoms with E-state index in [1.165, 1.54) is 6.07 Å². The molecule has 0 aliphatic rings. The number of carbonyl (C=O) groups is 1. The number of nitrogens with zero attached hydrogens (tertiary/aromatic N) is 3. The molecule has 0 aliphatic carbocycles. The van der Waals surface area contributed by atoms with Gasteiger partial charge in [0.1, 0.15) is 11.4 Å². The number of carbonyl (C=O) groups excluding carboxylic acids is 1. The van der Waals surface area contributed by atoms with E-state index in [0.29, 0.717) is 18.8 Å². The van der Waals surface area contributed by atoms with E-state index in [9.17, 15) is 26.7 Å². The lowest BCUT2D eigenvalue weighted by molar-refractivity contribution is 0.0946. The van der Waals surface area contributed by atoms with Gasteiger partial charge in [0.15, 0.2) is 34.7 Å². The number of hydrogen-bond donors (Lipinski definition) is 2. The van der Waals surface area contributed by atoms with Gasteiger partial charge in [-0.15, -0.1) is 10.2 Å². The van der Waals surface area contributed by atoms with Crippen molar-refractivity contribution in [3.63, 3.8) is 0 Å². The molecule has 0 bridgehead atoms. The standard InChI is InChI=1S/C21H16F5N5O2/c1-10-4-2-5-11(8-10)33-7-3-6-27-21(32)12-9-13-28-29-20(31(13)30-12)14-15(22)17(24)19(26)18(25)16(14)23/h2,4-5,8-9,30H,3,6-7H2,1H3,(H,27,32). The lowest BCUT2D eigenvalue weighted by Gasteiger charge is -2.07. The van der Waals surface area contributed by atoms with Gasteiger partial charge in [-0.25, -0.2) is 26.5 Å². The largest absolute Gasteiger partial charge is 0.494 e. The number of fused-ring (bicyclic) bond motifs is 1. The van der Waals surface area contributed by atoms with E-state index >= 15 is 0 Å². The van der Waals surface area contributed by atoms with Crippen LogP contribution < -0.4 is 10.1 Å². The molecule has 0 fully saturated rings. The third kappa shape index (κ3) is 4.23. The minimum Gasteiger partial charge on any atom is -0.494 e. The molecule has 7 nitrogen and oxygen atoms in total. The molecule has 2 aromatic heterocycles. The summed E-state index contributed by atoms with van der Waals surface area (Å²) in [5.41, 5.74) is -0.315. The summed E-state index contributed by atoms with van der Waals surface area (Å²) in [5, 5.41) is 12.2. The average molecular weight is 465 g/mol. The second-order valence-corrected chi connectivity index (χ2v) is 7.11. The number of aryl methyl sites for hydroxylation is 1. The highest BCUT2D eigenvalue weighted by atomic mass is 19.2. The molecule has 12 heteroatoms. The highest BCUT2D eigenvalue weighted by Crippen LogP contribution is 2.30. The Morgan fingerprint density at radius 2 is 1.73 bits per heavy atom. The number of halogens is 5. The molecule has 0 radical (unpaired) electrons. The summed E-state index contributed by atoms with van der Waals surface area (Å²) < 4.78 is 75.1. The first-order valence-corrected chi connectivity index (χ1v) is 9.71. The van der Waals surface area contributed by atoms with Gasteiger partial charge in [-0.05, 0) is 31.0 Å². The highest BCUT2D eigenvalue weighted by Gasteiger charge is 2.30. The van der Waals surface area contributed by atoms with Crippen molar-refractivity contribution in [3.05, 3.63) is 70.7 Å². The Labute approximate surface area is 183 Å². The second kappa shape index (κ2) is 8.88. The summed E-state index contributed by atoms with van der Waals surface area (Å²) in [6, 6.07) is 8.72. The minimum absolute atomic E-state index is 0.0513. The van der Waals surface area contributed by atoms with Gasteiger partial charge in [-0.1, -0.05) is 12.1 Å². The van der Waals surface area contributed by atoms with Crippen molar-refractivity contribution in [2.24, 2.45) is 0 Å². The summed E-state index contributed by atoms with van der Waals surface area (Å²) in [6.45, 7) is 2.55. The molecule has 4 aromatic rings. The number of benzene rings is 2. The lowest BCUT2D eigenvalue weighted by atomic mass is 10.1. The van der Waals surface area contributed by atoms with Crippen LogP contribution in [0, 0.1) is 36.0 Å². The monoisotopic (exact) mass is 465 g/mol. The Hall–Kier alpha value is -3.96. The van der Waals surface area contributed by atoms with E-state index < -0.39 is 46.4 Å². The molecular weight excluding hydrogens is 449 g/mol. The number of amides is 1. The van der Waals surface area contributed by atoms with E-state index in [-0.39, 0.29) is 17.9 Å². The molecule has 0 saturated carbocycles. The first-order chi connectivity index (χ1) is 15.8. The number of aromatic amines is 1. The van der Waals surface area contributed by atoms with E-state index in [4.69, 9.17) is 4.74 Å². The van der Waals surface area contributed by atoms with Crippen LogP contribution in [0.1, 0.15) is 22.5 Å². The molecule has 0 spiro atoms. The molecule has 4 rings (SSSR count). The number of nitrogens with one attached hydrogen (secondary N) is 2. The summed E-state index contributed by atoms with van der Waals surface area (Å²) >= 11 is 0. The van der Waals surface area contributed by atoms with Gasteiger partial charge in [-0.2, -0.15) is 0 Å². The van der Waals surface area contributed by atoms with Crippen LogP contribution in [0.15, 0.2) is 30.3 Å². The smallest absolute Gasteiger partial charge is 0.269 e. The summed E-state index contributed by atoms with van der Waals surface area (Å²) in [5.74, 6) is -11.2. The van der Waals surface area contributed by atoms with Crippen LogP contribution in [0.2, 0.25) is 0 Å². The van der Waals surface area contributed by atoms with Gasteiger partial charge in [-0.3, -0.25) is 9.89 Å². The van der Waals surface area contributed by atoms with Crippen molar-refractivity contribution in [2.45, 2.75) is 13.3 Å². The molecule has 2 heterocycles. The van der Waals surface area contributed by atoms with Crippen LogP contribution in [0.3, 0.4) is 0 Å². The molecule has 0 aliphatic heterocycles. The van der Waals surface area contributed by atoms with Gasteiger partial charge in [0, 0.05) is 12.6 Å². The van der Waals surface area contributed by atoms with Crippen LogP contribution in [0.5, 0.6) is 5.75 Å². The first-order valence-electron chi connectivity index (χ1n) is 9.71. The van der Waals surface area contributed by atoms with Gasteiger partial charge < -0.3 is 10.1 Å². The maximum Gasteiger partial charge on any atom is 0.269 e. The van der Waals surface area contributed by atoms with E-state index in [2.05, 4.69) is 20.6 Å². The topological polar surface area (TPSA) is 84.3 Å². The first kappa shape index (κ1) is 22.2. The van der Waals surface area contributed by atoms with Gasteiger partial charge in [0.2, 0.25) is 5.82 Å². The zero-order chi connectivity index (χ0) is 23.7. The van der Waals surface area contributed by atoms with Gasteiger partial charge >= 0.3 is 0 Å². The fourth-order valence-corrected chi connectivity index (χ4v) is 3.13. The maximum atomic E-state index is 14.1. The van der Waals surface area contributed by atoms with Gasteiger partial charge in [0.05, 0.1) is 12.2 Å². The molecular formula is C21H16F5N5O2. The number of aromatic nitrogens is 4. The Bertz CT molecular complexity index is 1320. The Morgan fingerprint density at radius 3 is 2.42 bits per heavy atom. The molecule has 0 unspecified atom stereocenters. The lowest BCUT2D eigenvalue weighted by Crippen LogP contribution is -2.26. The molecule has 172 valence electrons. The number of rotatable bonds is 7. The van der Waals surface area contributed by atoms with Gasteiger partial charge in [0.25, 0.3) is 5.91 Å². The molecule has 0 saturated heterocycles. The molecule has 33 heavy (non-hydrogen) atoms. The molecule has 0 atom stereocenters. The van der Waals surface area contributed by atoms with Crippen molar-refractivity contribution in [1.82, 2.24) is 25.1 Å². The van der Waals surface area contributed by atoms with E-state index in [1.807, 2.05) is 31.2 Å². The van der Waals surface area contributed by atoms with Crippen LogP contribution in [-0.4, -0.2) is 38.9 Å². The van der Waals surface area contributed by atoms with Crippen molar-refractivity contribution >= 4 is 11.6 Å². The third-order valence-corrected chi connectivity index (χ3v) is 4.74. The van der Waals surface area contributed by atoms with Crippen molar-refractivity contribution in [3.8, 4) is 17.1 Å².